The van der Waals surface area contributed by atoms with Crippen LogP contribution < -0.4 is 4.90 Å². The van der Waals surface area contributed by atoms with Crippen molar-refractivity contribution >= 4 is 17.1 Å². The molecule has 0 heterocycles. The van der Waals surface area contributed by atoms with Gasteiger partial charge in [-0.15, -0.1) is 0 Å². The molecule has 47 heavy (non-hydrogen) atoms. The first-order chi connectivity index (χ1) is 23.0. The molecule has 0 saturated carbocycles. The van der Waals surface area contributed by atoms with Crippen LogP contribution in [0.5, 0.6) is 0 Å². The summed E-state index contributed by atoms with van der Waals surface area (Å²) in [6.45, 7) is 11.6. The second-order valence-corrected chi connectivity index (χ2v) is 14.5. The average molecular weight is 628 g/mol. The number of rotatable bonds is 19. The van der Waals surface area contributed by atoms with Crippen molar-refractivity contribution in [3.8, 4) is 11.1 Å². The third-order valence-corrected chi connectivity index (χ3v) is 11.0. The van der Waals surface area contributed by atoms with Gasteiger partial charge in [0.15, 0.2) is 0 Å². The van der Waals surface area contributed by atoms with E-state index in [0.717, 1.165) is 0 Å². The molecule has 1 nitrogen and oxygen atoms in total. The summed E-state index contributed by atoms with van der Waals surface area (Å²) in [5.74, 6) is 0.579. The Hall–Kier alpha value is -3.32. The van der Waals surface area contributed by atoms with Gasteiger partial charge in [0.25, 0.3) is 0 Å². The molecular formula is C46H61N. The zero-order valence-corrected chi connectivity index (χ0v) is 30.3. The van der Waals surface area contributed by atoms with E-state index < -0.39 is 0 Å². The maximum Gasteiger partial charge on any atom is 0.0465 e. The molecule has 1 aliphatic carbocycles. The van der Waals surface area contributed by atoms with E-state index in [-0.39, 0.29) is 5.41 Å². The molecule has 0 fully saturated rings. The van der Waals surface area contributed by atoms with E-state index >= 15 is 0 Å². The van der Waals surface area contributed by atoms with Gasteiger partial charge < -0.3 is 4.90 Å². The molecule has 0 bridgehead atoms. The third-order valence-electron chi connectivity index (χ3n) is 11.0. The quantitative estimate of drug-likeness (QED) is 0.0935. The van der Waals surface area contributed by atoms with Gasteiger partial charge >= 0.3 is 0 Å². The SMILES string of the molecule is CCCCCCCCC1(CCCCCCCC)c2cc(C(C)CC)ccc2-c2ccc(N(c3ccccc3)c3ccc(C)cc3)cc21. The highest BCUT2D eigenvalue weighted by molar-refractivity contribution is 5.86. The molecule has 250 valence electrons. The molecule has 4 aromatic rings. The maximum absolute atomic E-state index is 2.65. The highest BCUT2D eigenvalue weighted by atomic mass is 15.1. The van der Waals surface area contributed by atoms with Gasteiger partial charge in [0, 0.05) is 22.5 Å². The first-order valence-corrected chi connectivity index (χ1v) is 19.2. The molecule has 4 aromatic carbocycles. The van der Waals surface area contributed by atoms with E-state index in [4.69, 9.17) is 0 Å². The number of hydrogen-bond donors (Lipinski definition) is 0. The van der Waals surface area contributed by atoms with Crippen molar-refractivity contribution in [1.82, 2.24) is 0 Å². The predicted molar refractivity (Wildman–Crippen MR) is 207 cm³/mol. The lowest BCUT2D eigenvalue weighted by Crippen LogP contribution is -2.26. The Morgan fingerprint density at radius 1 is 0.532 bits per heavy atom. The average Bonchev–Trinajstić information content (AvgIpc) is 3.37. The lowest BCUT2D eigenvalue weighted by molar-refractivity contribution is 0.397. The number of benzene rings is 4. The summed E-state index contributed by atoms with van der Waals surface area (Å²) in [5.41, 5.74) is 12.7. The van der Waals surface area contributed by atoms with Crippen molar-refractivity contribution in [2.75, 3.05) is 4.90 Å². The van der Waals surface area contributed by atoms with Crippen molar-refractivity contribution in [3.63, 3.8) is 0 Å². The minimum atomic E-state index is 0.0648. The molecule has 1 heteroatoms. The first-order valence-electron chi connectivity index (χ1n) is 19.2. The van der Waals surface area contributed by atoms with Crippen LogP contribution >= 0.6 is 0 Å². The number of unbranched alkanes of at least 4 members (excludes halogenated alkanes) is 10. The topological polar surface area (TPSA) is 3.24 Å². The Balaban J connectivity index is 1.61. The summed E-state index contributed by atoms with van der Waals surface area (Å²) >= 11 is 0. The summed E-state index contributed by atoms with van der Waals surface area (Å²) in [5, 5.41) is 0. The Morgan fingerprint density at radius 3 is 1.64 bits per heavy atom. The molecule has 1 unspecified atom stereocenters. The fourth-order valence-corrected chi connectivity index (χ4v) is 7.98. The summed E-state index contributed by atoms with van der Waals surface area (Å²) in [6.07, 6.45) is 19.8. The number of para-hydroxylation sites is 1. The van der Waals surface area contributed by atoms with Gasteiger partial charge in [0.1, 0.15) is 0 Å². The molecule has 1 atom stereocenters. The molecule has 0 saturated heterocycles. The summed E-state index contributed by atoms with van der Waals surface area (Å²) in [4.78, 5) is 2.47. The number of anilines is 3. The molecule has 0 radical (unpaired) electrons. The van der Waals surface area contributed by atoms with E-state index in [0.29, 0.717) is 5.92 Å². The maximum atomic E-state index is 2.65. The highest BCUT2D eigenvalue weighted by Gasteiger charge is 2.43. The highest BCUT2D eigenvalue weighted by Crippen LogP contribution is 2.56. The molecular weight excluding hydrogens is 567 g/mol. The van der Waals surface area contributed by atoms with Gasteiger partial charge in [0.2, 0.25) is 0 Å². The summed E-state index contributed by atoms with van der Waals surface area (Å²) in [6, 6.07) is 35.0. The zero-order valence-electron chi connectivity index (χ0n) is 30.3. The van der Waals surface area contributed by atoms with Crippen LogP contribution in [-0.2, 0) is 5.41 Å². The summed E-state index contributed by atoms with van der Waals surface area (Å²) in [7, 11) is 0. The van der Waals surface area contributed by atoms with Crippen LogP contribution in [0.2, 0.25) is 0 Å². The Labute approximate surface area is 287 Å². The molecule has 0 aliphatic heterocycles. The van der Waals surface area contributed by atoms with Gasteiger partial charge in [-0.1, -0.05) is 165 Å². The van der Waals surface area contributed by atoms with Gasteiger partial charge in [-0.2, -0.15) is 0 Å². The van der Waals surface area contributed by atoms with Crippen molar-refractivity contribution in [2.45, 2.75) is 142 Å². The van der Waals surface area contributed by atoms with Crippen LogP contribution in [0, 0.1) is 6.92 Å². The lowest BCUT2D eigenvalue weighted by Gasteiger charge is -2.34. The molecule has 0 spiro atoms. The van der Waals surface area contributed by atoms with Crippen LogP contribution in [0.25, 0.3) is 11.1 Å². The smallest absolute Gasteiger partial charge is 0.0465 e. The van der Waals surface area contributed by atoms with Gasteiger partial charge in [0.05, 0.1) is 0 Å². The fraction of sp³-hybridized carbons (Fsp3) is 0.478. The molecule has 5 rings (SSSR count). The number of nitrogens with zero attached hydrogens (tertiary/aromatic N) is 1. The largest absolute Gasteiger partial charge is 0.310 e. The monoisotopic (exact) mass is 627 g/mol. The molecule has 0 aromatic heterocycles. The molecule has 0 N–H and O–H groups in total. The van der Waals surface area contributed by atoms with E-state index in [1.54, 1.807) is 11.1 Å². The van der Waals surface area contributed by atoms with Crippen LogP contribution in [0.3, 0.4) is 0 Å². The van der Waals surface area contributed by atoms with Crippen LogP contribution in [-0.4, -0.2) is 0 Å². The van der Waals surface area contributed by atoms with Crippen LogP contribution in [0.15, 0.2) is 91.0 Å². The van der Waals surface area contributed by atoms with Gasteiger partial charge in [-0.25, -0.2) is 0 Å². The van der Waals surface area contributed by atoms with Gasteiger partial charge in [-0.3, -0.25) is 0 Å². The summed E-state index contributed by atoms with van der Waals surface area (Å²) < 4.78 is 0. The fourth-order valence-electron chi connectivity index (χ4n) is 7.98. The van der Waals surface area contributed by atoms with Gasteiger partial charge in [-0.05, 0) is 96.3 Å². The normalized spacial score (nSPS) is 13.7. The Morgan fingerprint density at radius 2 is 1.04 bits per heavy atom. The van der Waals surface area contributed by atoms with E-state index in [1.165, 1.54) is 136 Å². The lowest BCUT2D eigenvalue weighted by atomic mass is 9.70. The Bertz CT molecular complexity index is 1500. The minimum Gasteiger partial charge on any atom is -0.310 e. The third kappa shape index (κ3) is 8.22. The predicted octanol–water partition coefficient (Wildman–Crippen LogP) is 14.7. The van der Waals surface area contributed by atoms with E-state index in [2.05, 4.69) is 131 Å². The van der Waals surface area contributed by atoms with Crippen LogP contribution in [0.4, 0.5) is 17.1 Å². The second-order valence-electron chi connectivity index (χ2n) is 14.5. The second kappa shape index (κ2) is 17.2. The van der Waals surface area contributed by atoms with Crippen molar-refractivity contribution in [2.24, 2.45) is 0 Å². The van der Waals surface area contributed by atoms with Crippen LogP contribution in [0.1, 0.15) is 152 Å². The first kappa shape index (κ1) is 35.0. The molecule has 0 amide bonds. The van der Waals surface area contributed by atoms with E-state index in [1.807, 2.05) is 0 Å². The number of fused-ring (bicyclic) bond motifs is 3. The number of aryl methyl sites for hydroxylation is 1. The zero-order chi connectivity index (χ0) is 33.1. The minimum absolute atomic E-state index is 0.0648. The molecule has 1 aliphatic rings. The number of hydrogen-bond acceptors (Lipinski definition) is 1. The van der Waals surface area contributed by atoms with E-state index in [9.17, 15) is 0 Å². The van der Waals surface area contributed by atoms with Crippen molar-refractivity contribution in [1.29, 1.82) is 0 Å². The Kier molecular flexibility index (Phi) is 12.8. The van der Waals surface area contributed by atoms with Crippen molar-refractivity contribution < 1.29 is 0 Å². The standard InChI is InChI=1S/C46H61N/c1-6-9-11-13-15-20-32-46(33-21-16-14-12-10-7-2)44-34-38(37(5)8-3)26-30-42(44)43-31-29-41(35-45(43)46)47(39-22-18-17-19-23-39)40-27-24-36(4)25-28-40/h17-19,22-31,34-35,37H,6-16,20-21,32-33H2,1-5H3. The van der Waals surface area contributed by atoms with Crippen molar-refractivity contribution in [3.05, 3.63) is 113 Å².